The van der Waals surface area contributed by atoms with Crippen LogP contribution in [0.25, 0.3) is 6.08 Å². The molecule has 21 heavy (non-hydrogen) atoms. The van der Waals surface area contributed by atoms with Crippen molar-refractivity contribution in [3.63, 3.8) is 0 Å². The highest BCUT2D eigenvalue weighted by Crippen LogP contribution is 2.25. The van der Waals surface area contributed by atoms with Gasteiger partial charge in [0.15, 0.2) is 0 Å². The second-order valence-corrected chi connectivity index (χ2v) is 4.44. The number of benzene rings is 1. The Morgan fingerprint density at radius 2 is 2.24 bits per heavy atom. The molecule has 7 heteroatoms. The van der Waals surface area contributed by atoms with Crippen molar-refractivity contribution in [2.75, 3.05) is 32.2 Å². The molecule has 1 aromatic rings. The van der Waals surface area contributed by atoms with Gasteiger partial charge >= 0.3 is 5.97 Å². The van der Waals surface area contributed by atoms with Gasteiger partial charge < -0.3 is 14.7 Å². The number of aliphatic carboxylic acids is 1. The highest BCUT2D eigenvalue weighted by Gasteiger charge is 2.13. The average Bonchev–Trinajstić information content (AvgIpc) is 2.44. The number of carboxylic acid groups (broad SMARTS) is 1. The van der Waals surface area contributed by atoms with Crippen LogP contribution in [0.4, 0.5) is 11.4 Å². The van der Waals surface area contributed by atoms with E-state index in [1.54, 1.807) is 19.2 Å². The number of methoxy groups -OCH3 is 1. The highest BCUT2D eigenvalue weighted by atomic mass is 16.6. The topological polar surface area (TPSA) is 92.9 Å². The van der Waals surface area contributed by atoms with Gasteiger partial charge in [-0.1, -0.05) is 0 Å². The molecule has 1 aromatic carbocycles. The summed E-state index contributed by atoms with van der Waals surface area (Å²) < 4.78 is 4.97. The summed E-state index contributed by atoms with van der Waals surface area (Å²) in [6.07, 6.45) is 2.94. The number of rotatable bonds is 8. The van der Waals surface area contributed by atoms with Crippen LogP contribution in [-0.4, -0.2) is 43.3 Å². The van der Waals surface area contributed by atoms with Gasteiger partial charge in [0.05, 0.1) is 10.5 Å². The van der Waals surface area contributed by atoms with Gasteiger partial charge in [-0.3, -0.25) is 10.1 Å². The third kappa shape index (κ3) is 5.23. The van der Waals surface area contributed by atoms with Crippen LogP contribution in [0, 0.1) is 10.1 Å². The lowest BCUT2D eigenvalue weighted by atomic mass is 10.1. The molecule has 0 saturated carbocycles. The highest BCUT2D eigenvalue weighted by molar-refractivity contribution is 5.86. The average molecular weight is 294 g/mol. The monoisotopic (exact) mass is 294 g/mol. The number of anilines is 1. The van der Waals surface area contributed by atoms with E-state index in [9.17, 15) is 14.9 Å². The number of nitro benzene ring substituents is 1. The number of hydrogen-bond donors (Lipinski definition) is 1. The van der Waals surface area contributed by atoms with Gasteiger partial charge in [-0.25, -0.2) is 4.79 Å². The van der Waals surface area contributed by atoms with Crippen molar-refractivity contribution < 1.29 is 19.6 Å². The van der Waals surface area contributed by atoms with E-state index >= 15 is 0 Å². The zero-order valence-corrected chi connectivity index (χ0v) is 12.0. The zero-order valence-electron chi connectivity index (χ0n) is 12.0. The Bertz CT molecular complexity index is 542. The van der Waals surface area contributed by atoms with Gasteiger partial charge in [-0.15, -0.1) is 0 Å². The van der Waals surface area contributed by atoms with Crippen LogP contribution >= 0.6 is 0 Å². The molecule has 0 bridgehead atoms. The Morgan fingerprint density at radius 3 is 2.81 bits per heavy atom. The smallest absolute Gasteiger partial charge is 0.328 e. The summed E-state index contributed by atoms with van der Waals surface area (Å²) >= 11 is 0. The first-order chi connectivity index (χ1) is 9.95. The first kappa shape index (κ1) is 16.6. The fourth-order valence-electron chi connectivity index (χ4n) is 1.82. The molecule has 0 aliphatic heterocycles. The van der Waals surface area contributed by atoms with Crippen molar-refractivity contribution >= 4 is 23.4 Å². The van der Waals surface area contributed by atoms with E-state index in [0.29, 0.717) is 6.61 Å². The van der Waals surface area contributed by atoms with E-state index in [1.165, 1.54) is 12.1 Å². The van der Waals surface area contributed by atoms with E-state index in [1.807, 2.05) is 11.9 Å². The number of carbonyl (C=O) groups is 1. The Balaban J connectivity index is 3.00. The molecule has 1 rings (SSSR count). The molecule has 0 atom stereocenters. The van der Waals surface area contributed by atoms with Crippen LogP contribution in [0.15, 0.2) is 24.3 Å². The lowest BCUT2D eigenvalue weighted by Gasteiger charge is -2.19. The van der Waals surface area contributed by atoms with Gasteiger partial charge in [-0.05, 0) is 24.6 Å². The lowest BCUT2D eigenvalue weighted by Crippen LogP contribution is -2.19. The summed E-state index contributed by atoms with van der Waals surface area (Å²) in [6.45, 7) is 1.36. The molecule has 0 amide bonds. The summed E-state index contributed by atoms with van der Waals surface area (Å²) in [6, 6.07) is 4.62. The number of ether oxygens (including phenoxy) is 1. The summed E-state index contributed by atoms with van der Waals surface area (Å²) in [4.78, 5) is 22.9. The third-order valence-electron chi connectivity index (χ3n) is 2.90. The summed E-state index contributed by atoms with van der Waals surface area (Å²) in [5, 5.41) is 19.6. The minimum absolute atomic E-state index is 0.124. The molecule has 7 nitrogen and oxygen atoms in total. The first-order valence-electron chi connectivity index (χ1n) is 6.35. The maximum absolute atomic E-state index is 11.0. The minimum atomic E-state index is -1.15. The predicted octanol–water partition coefficient (Wildman–Crippen LogP) is 2.17. The van der Waals surface area contributed by atoms with Crippen LogP contribution in [0.3, 0.4) is 0 Å². The normalized spacial score (nSPS) is 10.8. The second kappa shape index (κ2) is 8.01. The van der Waals surface area contributed by atoms with Crippen molar-refractivity contribution in [1.82, 2.24) is 0 Å². The SMILES string of the molecule is COCCCN(C)c1ccc([N+](=O)[O-])c(/C=C/C(=O)O)c1. The van der Waals surface area contributed by atoms with Gasteiger partial charge in [0.25, 0.3) is 5.69 Å². The number of hydrogen-bond acceptors (Lipinski definition) is 5. The molecule has 0 aliphatic rings. The Kier molecular flexibility index (Phi) is 6.35. The van der Waals surface area contributed by atoms with Gasteiger partial charge in [-0.2, -0.15) is 0 Å². The molecule has 1 N–H and O–H groups in total. The van der Waals surface area contributed by atoms with Gasteiger partial charge in [0, 0.05) is 45.1 Å². The van der Waals surface area contributed by atoms with Crippen molar-refractivity contribution in [3.8, 4) is 0 Å². The van der Waals surface area contributed by atoms with E-state index in [0.717, 1.165) is 24.7 Å². The minimum Gasteiger partial charge on any atom is -0.478 e. The zero-order chi connectivity index (χ0) is 15.8. The summed E-state index contributed by atoms with van der Waals surface area (Å²) in [7, 11) is 3.49. The Morgan fingerprint density at radius 1 is 1.52 bits per heavy atom. The number of nitrogens with zero attached hydrogens (tertiary/aromatic N) is 2. The lowest BCUT2D eigenvalue weighted by molar-refractivity contribution is -0.385. The predicted molar refractivity (Wildman–Crippen MR) is 79.5 cm³/mol. The fourth-order valence-corrected chi connectivity index (χ4v) is 1.82. The largest absolute Gasteiger partial charge is 0.478 e. The quantitative estimate of drug-likeness (QED) is 0.342. The number of nitro groups is 1. The third-order valence-corrected chi connectivity index (χ3v) is 2.90. The van der Waals surface area contributed by atoms with Crippen molar-refractivity contribution in [2.45, 2.75) is 6.42 Å². The molecular weight excluding hydrogens is 276 g/mol. The van der Waals surface area contributed by atoms with Crippen LogP contribution in [-0.2, 0) is 9.53 Å². The maximum Gasteiger partial charge on any atom is 0.328 e. The van der Waals surface area contributed by atoms with Crippen LogP contribution < -0.4 is 4.90 Å². The summed E-state index contributed by atoms with van der Waals surface area (Å²) in [5.41, 5.74) is 0.918. The second-order valence-electron chi connectivity index (χ2n) is 4.44. The number of carboxylic acids is 1. The molecule has 0 heterocycles. The maximum atomic E-state index is 11.0. The van der Waals surface area contributed by atoms with Crippen molar-refractivity contribution in [3.05, 3.63) is 40.0 Å². The van der Waals surface area contributed by atoms with Gasteiger partial charge in [0.2, 0.25) is 0 Å². The first-order valence-corrected chi connectivity index (χ1v) is 6.35. The molecular formula is C14H18N2O5. The Labute approximate surface area is 122 Å². The van der Waals surface area contributed by atoms with E-state index in [4.69, 9.17) is 9.84 Å². The molecule has 114 valence electrons. The Hall–Kier alpha value is -2.41. The molecule has 0 unspecified atom stereocenters. The van der Waals surface area contributed by atoms with E-state index in [-0.39, 0.29) is 11.3 Å². The summed E-state index contributed by atoms with van der Waals surface area (Å²) in [5.74, 6) is -1.15. The fraction of sp³-hybridized carbons (Fsp3) is 0.357. The molecule has 0 fully saturated rings. The molecule has 0 radical (unpaired) electrons. The molecule has 0 spiro atoms. The van der Waals surface area contributed by atoms with Crippen molar-refractivity contribution in [1.29, 1.82) is 0 Å². The standard InChI is InChI=1S/C14H18N2O5/c1-15(8-3-9-21-2)12-5-6-13(16(19)20)11(10-12)4-7-14(17)18/h4-7,10H,3,8-9H2,1-2H3,(H,17,18)/b7-4+. The van der Waals surface area contributed by atoms with Crippen LogP contribution in [0.5, 0.6) is 0 Å². The van der Waals surface area contributed by atoms with Crippen LogP contribution in [0.2, 0.25) is 0 Å². The molecule has 0 aliphatic carbocycles. The van der Waals surface area contributed by atoms with E-state index in [2.05, 4.69) is 0 Å². The van der Waals surface area contributed by atoms with Gasteiger partial charge in [0.1, 0.15) is 0 Å². The van der Waals surface area contributed by atoms with Crippen molar-refractivity contribution in [2.24, 2.45) is 0 Å². The molecule has 0 saturated heterocycles. The van der Waals surface area contributed by atoms with E-state index < -0.39 is 10.9 Å². The molecule has 0 aromatic heterocycles. The van der Waals surface area contributed by atoms with Crippen LogP contribution in [0.1, 0.15) is 12.0 Å².